The van der Waals surface area contributed by atoms with Gasteiger partial charge in [0.25, 0.3) is 0 Å². The van der Waals surface area contributed by atoms with Gasteiger partial charge in [0.1, 0.15) is 0 Å². The molecule has 66 heavy (non-hydrogen) atoms. The first kappa shape index (κ1) is 40.6. The smallest absolute Gasteiger partial charge is 0.0493 e. The molecular formula is C64H50N2. The average molecular weight is 847 g/mol. The fourth-order valence-electron chi connectivity index (χ4n) is 10.6. The molecule has 2 nitrogen and oxygen atoms in total. The van der Waals surface area contributed by atoms with Gasteiger partial charge < -0.3 is 9.80 Å². The highest BCUT2D eigenvalue weighted by molar-refractivity contribution is 6.14. The van der Waals surface area contributed by atoms with E-state index in [1.807, 2.05) is 12.2 Å². The molecule has 0 atom stereocenters. The van der Waals surface area contributed by atoms with Crippen LogP contribution in [0.15, 0.2) is 214 Å². The summed E-state index contributed by atoms with van der Waals surface area (Å²) < 4.78 is 0. The van der Waals surface area contributed by atoms with Gasteiger partial charge in [-0.1, -0.05) is 190 Å². The summed E-state index contributed by atoms with van der Waals surface area (Å²) in [5.41, 5.74) is 22.2. The van der Waals surface area contributed by atoms with Gasteiger partial charge in [-0.15, -0.1) is 0 Å². The zero-order chi connectivity index (χ0) is 44.6. The fraction of sp³-hybridized carbons (Fsp3) is 0.0625. The maximum absolute atomic E-state index is 4.64. The quantitative estimate of drug-likeness (QED) is 0.143. The number of anilines is 5. The van der Waals surface area contributed by atoms with Gasteiger partial charge in [0.15, 0.2) is 0 Å². The summed E-state index contributed by atoms with van der Waals surface area (Å²) in [6.45, 7) is 13.5. The van der Waals surface area contributed by atoms with Gasteiger partial charge >= 0.3 is 0 Å². The second kappa shape index (κ2) is 17.4. The number of benzene rings is 9. The van der Waals surface area contributed by atoms with Gasteiger partial charge in [-0.25, -0.2) is 0 Å². The molecule has 0 bridgehead atoms. The van der Waals surface area contributed by atoms with Crippen LogP contribution in [0, 0.1) is 0 Å². The van der Waals surface area contributed by atoms with E-state index in [2.05, 4.69) is 236 Å². The topological polar surface area (TPSA) is 6.48 Å². The lowest BCUT2D eigenvalue weighted by Crippen LogP contribution is -2.12. The predicted octanol–water partition coefficient (Wildman–Crippen LogP) is 17.2. The summed E-state index contributed by atoms with van der Waals surface area (Å²) in [5, 5.41) is 2.29. The van der Waals surface area contributed by atoms with Gasteiger partial charge in [0, 0.05) is 34.6 Å². The molecule has 0 spiro atoms. The van der Waals surface area contributed by atoms with Crippen LogP contribution >= 0.6 is 0 Å². The Bertz CT molecular complexity index is 3280. The van der Waals surface area contributed by atoms with E-state index in [4.69, 9.17) is 0 Å². The van der Waals surface area contributed by atoms with Gasteiger partial charge in [-0.2, -0.15) is 0 Å². The molecule has 2 heteroatoms. The van der Waals surface area contributed by atoms with Crippen LogP contribution in [0.1, 0.15) is 44.5 Å². The van der Waals surface area contributed by atoms with Gasteiger partial charge in [0.05, 0.1) is 0 Å². The van der Waals surface area contributed by atoms with Crippen LogP contribution in [0.4, 0.5) is 28.4 Å². The lowest BCUT2D eigenvalue weighted by atomic mass is 9.80. The van der Waals surface area contributed by atoms with Crippen molar-refractivity contribution in [2.75, 3.05) is 9.80 Å². The molecule has 0 amide bonds. The van der Waals surface area contributed by atoms with E-state index < -0.39 is 0 Å². The van der Waals surface area contributed by atoms with E-state index in [1.54, 1.807) is 0 Å². The molecule has 2 heterocycles. The first-order chi connectivity index (χ1) is 32.6. The molecule has 2 aliphatic rings. The van der Waals surface area contributed by atoms with E-state index in [0.717, 1.165) is 97.8 Å². The molecule has 0 saturated heterocycles. The van der Waals surface area contributed by atoms with Gasteiger partial charge in [-0.05, 0) is 157 Å². The minimum Gasteiger partial charge on any atom is -0.317 e. The second-order valence-corrected chi connectivity index (χ2v) is 17.2. The Labute approximate surface area is 389 Å². The Balaban J connectivity index is 1.25. The van der Waals surface area contributed by atoms with Crippen molar-refractivity contribution in [2.24, 2.45) is 0 Å². The third-order valence-corrected chi connectivity index (χ3v) is 13.6. The Morgan fingerprint density at radius 3 is 1.36 bits per heavy atom. The standard InChI is InChI=1S/C64H50N2/c1-4-51-52(5-2)55(40-39-54(51)44-21-9-7-10-22-44)64-53(6-3)57(41-42-65-59-29-17-13-23-45(59)33-34-46-24-14-18-30-60(46)65)63(49-27-11-8-12-28-49)56-38-37-50(43-58(56)64)66-61-31-19-15-25-47(61)35-36-48-26-16-20-32-62(48)66/h4-32,37-43H,1-3,33-36H2/b42-41+. The third kappa shape index (κ3) is 6.99. The Kier molecular flexibility index (Phi) is 10.7. The average Bonchev–Trinajstić information content (AvgIpc) is 3.65. The Morgan fingerprint density at radius 1 is 0.364 bits per heavy atom. The normalized spacial score (nSPS) is 13.0. The summed E-state index contributed by atoms with van der Waals surface area (Å²) in [6, 6.07) is 68.5. The van der Waals surface area contributed by atoms with E-state index in [9.17, 15) is 0 Å². The SMILES string of the molecule is C=Cc1c(-c2ccccc2)ccc(-c2c(C=C)c(/C=C/N3c4ccccc4CCc4ccccc43)c(-c3ccccc3)c3ccc(N4c5ccccc5CCc5ccccc54)cc23)c1C=C. The monoisotopic (exact) mass is 846 g/mol. The van der Waals surface area contributed by atoms with Crippen molar-refractivity contribution < 1.29 is 0 Å². The van der Waals surface area contributed by atoms with Gasteiger partial charge in [0.2, 0.25) is 0 Å². The molecule has 0 saturated carbocycles. The van der Waals surface area contributed by atoms with E-state index in [0.29, 0.717) is 0 Å². The summed E-state index contributed by atoms with van der Waals surface area (Å²) in [5.74, 6) is 0. The molecule has 11 rings (SSSR count). The van der Waals surface area contributed by atoms with E-state index in [1.165, 1.54) is 45.0 Å². The van der Waals surface area contributed by atoms with Crippen LogP contribution in [-0.2, 0) is 25.7 Å². The molecule has 0 unspecified atom stereocenters. The van der Waals surface area contributed by atoms with Crippen molar-refractivity contribution in [1.29, 1.82) is 0 Å². The number of para-hydroxylation sites is 4. The lowest BCUT2D eigenvalue weighted by Gasteiger charge is -2.29. The number of fused-ring (bicyclic) bond motifs is 5. The fourth-order valence-corrected chi connectivity index (χ4v) is 10.6. The molecule has 0 N–H and O–H groups in total. The zero-order valence-electron chi connectivity index (χ0n) is 37.1. The van der Waals surface area contributed by atoms with Crippen LogP contribution < -0.4 is 9.80 Å². The molecule has 0 radical (unpaired) electrons. The third-order valence-electron chi connectivity index (χ3n) is 13.6. The van der Waals surface area contributed by atoms with Crippen molar-refractivity contribution in [1.82, 2.24) is 0 Å². The number of rotatable bonds is 9. The van der Waals surface area contributed by atoms with Crippen LogP contribution in [0.3, 0.4) is 0 Å². The number of hydrogen-bond donors (Lipinski definition) is 0. The maximum Gasteiger partial charge on any atom is 0.0493 e. The molecule has 9 aromatic rings. The number of aryl methyl sites for hydroxylation is 4. The van der Waals surface area contributed by atoms with Crippen molar-refractivity contribution in [2.45, 2.75) is 25.7 Å². The molecule has 0 fully saturated rings. The van der Waals surface area contributed by atoms with E-state index in [-0.39, 0.29) is 0 Å². The van der Waals surface area contributed by atoms with Crippen molar-refractivity contribution >= 4 is 63.5 Å². The first-order valence-corrected chi connectivity index (χ1v) is 23.0. The molecular weight excluding hydrogens is 797 g/mol. The Hall–Kier alpha value is -8.20. The second-order valence-electron chi connectivity index (χ2n) is 17.2. The minimum absolute atomic E-state index is 0.976. The van der Waals surface area contributed by atoms with Crippen LogP contribution in [0.25, 0.3) is 68.5 Å². The highest BCUT2D eigenvalue weighted by Crippen LogP contribution is 2.50. The van der Waals surface area contributed by atoms with Crippen LogP contribution in [-0.4, -0.2) is 0 Å². The molecule has 0 aliphatic carbocycles. The maximum atomic E-state index is 4.64. The zero-order valence-corrected chi connectivity index (χ0v) is 37.1. The largest absolute Gasteiger partial charge is 0.317 e. The summed E-state index contributed by atoms with van der Waals surface area (Å²) >= 11 is 0. The number of nitrogens with zero attached hydrogens (tertiary/aromatic N) is 2. The summed E-state index contributed by atoms with van der Waals surface area (Å²) in [7, 11) is 0. The van der Waals surface area contributed by atoms with E-state index >= 15 is 0 Å². The van der Waals surface area contributed by atoms with Crippen molar-refractivity contribution in [3.63, 3.8) is 0 Å². The van der Waals surface area contributed by atoms with Crippen LogP contribution in [0.5, 0.6) is 0 Å². The molecule has 9 aromatic carbocycles. The Morgan fingerprint density at radius 2 is 0.818 bits per heavy atom. The highest BCUT2D eigenvalue weighted by atomic mass is 15.1. The van der Waals surface area contributed by atoms with Gasteiger partial charge in [-0.3, -0.25) is 0 Å². The first-order valence-electron chi connectivity index (χ1n) is 23.0. The molecule has 2 aliphatic heterocycles. The lowest BCUT2D eigenvalue weighted by molar-refractivity contribution is 0.977. The highest BCUT2D eigenvalue weighted by Gasteiger charge is 2.27. The van der Waals surface area contributed by atoms with Crippen molar-refractivity contribution in [3.05, 3.63) is 259 Å². The molecule has 0 aromatic heterocycles. The summed E-state index contributed by atoms with van der Waals surface area (Å²) in [4.78, 5) is 4.86. The predicted molar refractivity (Wildman–Crippen MR) is 284 cm³/mol. The summed E-state index contributed by atoms with van der Waals surface area (Å²) in [6.07, 6.45) is 14.6. The van der Waals surface area contributed by atoms with Crippen LogP contribution in [0.2, 0.25) is 0 Å². The number of hydrogen-bond acceptors (Lipinski definition) is 2. The van der Waals surface area contributed by atoms with Crippen molar-refractivity contribution in [3.8, 4) is 33.4 Å². The molecule has 316 valence electrons. The minimum atomic E-state index is 0.976.